The molecule has 94 valence electrons. The highest BCUT2D eigenvalue weighted by Crippen LogP contribution is 2.17. The Morgan fingerprint density at radius 3 is 2.94 bits per heavy atom. The second kappa shape index (κ2) is 5.50. The van der Waals surface area contributed by atoms with Crippen molar-refractivity contribution in [3.8, 4) is 5.75 Å². The number of hydrogen-bond acceptors (Lipinski definition) is 6. The minimum Gasteiger partial charge on any atom is -0.478 e. The minimum atomic E-state index is -0.856. The predicted octanol–water partition coefficient (Wildman–Crippen LogP) is 1.48. The van der Waals surface area contributed by atoms with E-state index < -0.39 is 17.8 Å². The molecular formula is C10H9FN4O2S. The summed E-state index contributed by atoms with van der Waals surface area (Å²) in [5.74, 6) is -0.943. The van der Waals surface area contributed by atoms with E-state index in [1.807, 2.05) is 0 Å². The SMILES string of the molecule is CC(Oc1ccccc1F)C(=O)Nc1nnns1. The van der Waals surface area contributed by atoms with Gasteiger partial charge in [-0.1, -0.05) is 21.7 Å². The van der Waals surface area contributed by atoms with Gasteiger partial charge in [-0.2, -0.15) is 0 Å². The summed E-state index contributed by atoms with van der Waals surface area (Å²) >= 11 is 0.944. The molecule has 0 aliphatic carbocycles. The lowest BCUT2D eigenvalue weighted by Gasteiger charge is -2.13. The van der Waals surface area contributed by atoms with Crippen molar-refractivity contribution in [1.82, 2.24) is 14.8 Å². The van der Waals surface area contributed by atoms with Gasteiger partial charge in [-0.05, 0) is 24.3 Å². The molecule has 0 spiro atoms. The summed E-state index contributed by atoms with van der Waals surface area (Å²) in [6.45, 7) is 1.51. The molecule has 18 heavy (non-hydrogen) atoms. The maximum Gasteiger partial charge on any atom is 0.267 e. The van der Waals surface area contributed by atoms with Gasteiger partial charge in [0.15, 0.2) is 17.7 Å². The fraction of sp³-hybridized carbons (Fsp3) is 0.200. The van der Waals surface area contributed by atoms with E-state index in [0.717, 1.165) is 11.5 Å². The Labute approximate surface area is 106 Å². The van der Waals surface area contributed by atoms with Crippen molar-refractivity contribution in [2.75, 3.05) is 5.32 Å². The van der Waals surface area contributed by atoms with E-state index in [0.29, 0.717) is 0 Å². The highest BCUT2D eigenvalue weighted by Gasteiger charge is 2.17. The molecule has 1 atom stereocenters. The number of hydrogen-bond donors (Lipinski definition) is 1. The van der Waals surface area contributed by atoms with Gasteiger partial charge in [0.1, 0.15) is 0 Å². The smallest absolute Gasteiger partial charge is 0.267 e. The number of ether oxygens (including phenoxy) is 1. The van der Waals surface area contributed by atoms with Gasteiger partial charge in [0.2, 0.25) is 5.13 Å². The van der Waals surface area contributed by atoms with Gasteiger partial charge in [-0.3, -0.25) is 10.1 Å². The van der Waals surface area contributed by atoms with Crippen LogP contribution in [0.3, 0.4) is 0 Å². The van der Waals surface area contributed by atoms with Crippen LogP contribution in [-0.4, -0.2) is 26.8 Å². The molecule has 0 saturated heterocycles. The summed E-state index contributed by atoms with van der Waals surface area (Å²) in [6, 6.07) is 5.87. The summed E-state index contributed by atoms with van der Waals surface area (Å²) in [6.07, 6.45) is -0.856. The quantitative estimate of drug-likeness (QED) is 0.908. The van der Waals surface area contributed by atoms with E-state index in [-0.39, 0.29) is 10.9 Å². The summed E-state index contributed by atoms with van der Waals surface area (Å²) in [5.41, 5.74) is 0. The van der Waals surface area contributed by atoms with Crippen LogP contribution in [0.15, 0.2) is 24.3 Å². The maximum absolute atomic E-state index is 13.3. The van der Waals surface area contributed by atoms with Gasteiger partial charge in [0, 0.05) is 11.5 Å². The van der Waals surface area contributed by atoms with Crippen molar-refractivity contribution in [2.24, 2.45) is 0 Å². The molecule has 0 bridgehead atoms. The molecule has 8 heteroatoms. The molecule has 0 aliphatic heterocycles. The largest absolute Gasteiger partial charge is 0.478 e. The molecule has 2 aromatic rings. The van der Waals surface area contributed by atoms with Crippen LogP contribution >= 0.6 is 11.5 Å². The van der Waals surface area contributed by atoms with Crippen LogP contribution in [0.25, 0.3) is 0 Å². The molecule has 0 saturated carbocycles. The van der Waals surface area contributed by atoms with Crippen LogP contribution < -0.4 is 10.1 Å². The lowest BCUT2D eigenvalue weighted by molar-refractivity contribution is -0.122. The molecule has 0 radical (unpaired) electrons. The molecule has 1 heterocycles. The fourth-order valence-corrected chi connectivity index (χ4v) is 1.54. The van der Waals surface area contributed by atoms with E-state index >= 15 is 0 Å². The molecule has 1 unspecified atom stereocenters. The first-order valence-corrected chi connectivity index (χ1v) is 5.81. The number of amides is 1. The van der Waals surface area contributed by atoms with Crippen molar-refractivity contribution < 1.29 is 13.9 Å². The number of carbonyl (C=O) groups excluding carboxylic acids is 1. The number of nitrogens with zero attached hydrogens (tertiary/aromatic N) is 3. The Balaban J connectivity index is 1.97. The third-order valence-electron chi connectivity index (χ3n) is 2.04. The van der Waals surface area contributed by atoms with Gasteiger partial charge < -0.3 is 4.74 Å². The first kappa shape index (κ1) is 12.4. The third-order valence-corrected chi connectivity index (χ3v) is 2.55. The van der Waals surface area contributed by atoms with E-state index in [9.17, 15) is 9.18 Å². The average molecular weight is 268 g/mol. The second-order valence-electron chi connectivity index (χ2n) is 3.35. The lowest BCUT2D eigenvalue weighted by atomic mass is 10.3. The molecular weight excluding hydrogens is 259 g/mol. The molecule has 0 aliphatic rings. The zero-order valence-corrected chi connectivity index (χ0v) is 10.1. The second-order valence-corrected chi connectivity index (χ2v) is 4.08. The van der Waals surface area contributed by atoms with Crippen LogP contribution in [0.1, 0.15) is 6.92 Å². The summed E-state index contributed by atoms with van der Waals surface area (Å²) in [5, 5.41) is 9.62. The normalized spacial score (nSPS) is 11.9. The number of aromatic nitrogens is 3. The Bertz CT molecular complexity index is 534. The van der Waals surface area contributed by atoms with Crippen molar-refractivity contribution in [3.05, 3.63) is 30.1 Å². The Morgan fingerprint density at radius 1 is 1.50 bits per heavy atom. The first-order chi connectivity index (χ1) is 8.66. The molecule has 1 amide bonds. The van der Waals surface area contributed by atoms with Gasteiger partial charge in [-0.15, -0.1) is 0 Å². The molecule has 2 rings (SSSR count). The van der Waals surface area contributed by atoms with E-state index in [1.54, 1.807) is 12.1 Å². The van der Waals surface area contributed by atoms with E-state index in [2.05, 4.69) is 20.1 Å². The number of rotatable bonds is 4. The Kier molecular flexibility index (Phi) is 3.78. The van der Waals surface area contributed by atoms with Crippen molar-refractivity contribution in [3.63, 3.8) is 0 Å². The van der Waals surface area contributed by atoms with Crippen LogP contribution in [0.2, 0.25) is 0 Å². The van der Waals surface area contributed by atoms with Gasteiger partial charge in [-0.25, -0.2) is 4.39 Å². The van der Waals surface area contributed by atoms with Crippen molar-refractivity contribution >= 4 is 22.6 Å². The molecule has 0 fully saturated rings. The minimum absolute atomic E-state index is 0.0236. The van der Waals surface area contributed by atoms with Crippen molar-refractivity contribution in [2.45, 2.75) is 13.0 Å². The lowest BCUT2D eigenvalue weighted by Crippen LogP contribution is -2.30. The molecule has 1 aromatic carbocycles. The standard InChI is InChI=1S/C10H9FN4O2S/c1-6(9(16)12-10-13-14-15-18-10)17-8-5-3-2-4-7(8)11/h2-6H,1H3,(H,12,13,15,16). The van der Waals surface area contributed by atoms with Crippen LogP contribution in [0, 0.1) is 5.82 Å². The fourth-order valence-electron chi connectivity index (χ4n) is 1.17. The monoisotopic (exact) mass is 268 g/mol. The van der Waals surface area contributed by atoms with Crippen molar-refractivity contribution in [1.29, 1.82) is 0 Å². The van der Waals surface area contributed by atoms with Gasteiger partial charge in [0.05, 0.1) is 0 Å². The zero-order valence-electron chi connectivity index (χ0n) is 9.33. The maximum atomic E-state index is 13.3. The van der Waals surface area contributed by atoms with E-state index in [4.69, 9.17) is 4.74 Å². The molecule has 6 nitrogen and oxygen atoms in total. The number of anilines is 1. The first-order valence-electron chi connectivity index (χ1n) is 5.04. The van der Waals surface area contributed by atoms with Gasteiger partial charge in [0.25, 0.3) is 5.91 Å². The number of carbonyl (C=O) groups is 1. The highest BCUT2D eigenvalue weighted by atomic mass is 32.1. The average Bonchev–Trinajstić information content (AvgIpc) is 2.84. The summed E-state index contributed by atoms with van der Waals surface area (Å²) in [4.78, 5) is 11.7. The molecule has 1 aromatic heterocycles. The Hall–Kier alpha value is -2.09. The summed E-state index contributed by atoms with van der Waals surface area (Å²) < 4.78 is 22.0. The van der Waals surface area contributed by atoms with Crippen LogP contribution in [0.4, 0.5) is 9.52 Å². The Morgan fingerprint density at radius 2 is 2.28 bits per heavy atom. The number of nitrogens with one attached hydrogen (secondary N) is 1. The topological polar surface area (TPSA) is 77.0 Å². The number of benzene rings is 1. The summed E-state index contributed by atoms with van der Waals surface area (Å²) in [7, 11) is 0. The number of para-hydroxylation sites is 1. The third kappa shape index (κ3) is 2.98. The predicted molar refractivity (Wildman–Crippen MR) is 62.8 cm³/mol. The highest BCUT2D eigenvalue weighted by molar-refractivity contribution is 7.09. The zero-order chi connectivity index (χ0) is 13.0. The molecule has 1 N–H and O–H groups in total. The van der Waals surface area contributed by atoms with E-state index in [1.165, 1.54) is 19.1 Å². The van der Waals surface area contributed by atoms with Crippen LogP contribution in [-0.2, 0) is 4.79 Å². The van der Waals surface area contributed by atoms with Crippen LogP contribution in [0.5, 0.6) is 5.75 Å². The van der Waals surface area contributed by atoms with Gasteiger partial charge >= 0.3 is 0 Å². The number of halogens is 1.